The fourth-order valence-corrected chi connectivity index (χ4v) is 3.35. The van der Waals surface area contributed by atoms with Crippen LogP contribution in [0.1, 0.15) is 12.8 Å². The molecule has 0 bridgehead atoms. The largest absolute Gasteiger partial charge is 0.530 e. The summed E-state index contributed by atoms with van der Waals surface area (Å²) in [4.78, 5) is 21.2. The maximum Gasteiger partial charge on any atom is 0.218 e. The van der Waals surface area contributed by atoms with Gasteiger partial charge in [-0.15, -0.1) is 4.00 Å². The first-order chi connectivity index (χ1) is 10.5. The van der Waals surface area contributed by atoms with Gasteiger partial charge in [-0.2, -0.15) is 4.99 Å². The average Bonchev–Trinajstić information content (AvgIpc) is 2.85. The molecule has 3 aliphatic rings. The first-order valence-electron chi connectivity index (χ1n) is 7.10. The number of allylic oxidation sites excluding steroid dienone is 1. The highest BCUT2D eigenvalue weighted by Crippen LogP contribution is 2.38. The van der Waals surface area contributed by atoms with Crippen LogP contribution in [-0.2, 0) is 4.74 Å². The van der Waals surface area contributed by atoms with Crippen LogP contribution in [0.5, 0.6) is 0 Å². The SMILES string of the molecule is COCC1CCC(C2=C3C=NC=C[N+]3(Cl)C=N2)CN1C(=O)[O-]. The minimum absolute atomic E-state index is 0.0195. The van der Waals surface area contributed by atoms with Gasteiger partial charge in [0.25, 0.3) is 0 Å². The maximum atomic E-state index is 11.4. The molecule has 3 unspecified atom stereocenters. The van der Waals surface area contributed by atoms with Crippen molar-refractivity contribution in [2.75, 3.05) is 20.3 Å². The lowest BCUT2D eigenvalue weighted by molar-refractivity contribution is -0.592. The molecule has 8 heteroatoms. The van der Waals surface area contributed by atoms with E-state index >= 15 is 0 Å². The molecular formula is C14H17ClN4O3. The molecule has 0 aromatic heterocycles. The number of quaternary nitrogens is 1. The van der Waals surface area contributed by atoms with E-state index in [0.29, 0.717) is 19.6 Å². The van der Waals surface area contributed by atoms with E-state index in [4.69, 9.17) is 16.5 Å². The van der Waals surface area contributed by atoms with E-state index in [2.05, 4.69) is 9.98 Å². The molecule has 0 aromatic rings. The molecule has 3 aliphatic heterocycles. The van der Waals surface area contributed by atoms with Crippen LogP contribution in [0.15, 0.2) is 33.8 Å². The number of nitrogens with zero attached hydrogens (tertiary/aromatic N) is 4. The van der Waals surface area contributed by atoms with Crippen molar-refractivity contribution in [3.63, 3.8) is 0 Å². The maximum absolute atomic E-state index is 11.4. The Bertz CT molecular complexity index is 601. The third-order valence-electron chi connectivity index (χ3n) is 4.25. The number of piperidine rings is 1. The number of hydrogen-bond donors (Lipinski definition) is 0. The number of carbonyl (C=O) groups is 1. The molecule has 3 heterocycles. The number of rotatable bonds is 3. The van der Waals surface area contributed by atoms with Crippen LogP contribution in [0.25, 0.3) is 0 Å². The van der Waals surface area contributed by atoms with Gasteiger partial charge in [-0.3, -0.25) is 4.99 Å². The minimum Gasteiger partial charge on any atom is -0.530 e. The van der Waals surface area contributed by atoms with Crippen molar-refractivity contribution in [3.05, 3.63) is 23.8 Å². The lowest BCUT2D eigenvalue weighted by Crippen LogP contribution is -2.53. The summed E-state index contributed by atoms with van der Waals surface area (Å²) in [6.07, 6.45) is 6.99. The Morgan fingerprint density at radius 3 is 3.14 bits per heavy atom. The topological polar surface area (TPSA) is 77.3 Å². The fraction of sp³-hybridized carbons (Fsp3) is 0.500. The summed E-state index contributed by atoms with van der Waals surface area (Å²) in [5.74, 6) is -0.0195. The normalized spacial score (nSPS) is 33.5. The monoisotopic (exact) mass is 324 g/mol. The second-order valence-electron chi connectivity index (χ2n) is 5.58. The van der Waals surface area contributed by atoms with Gasteiger partial charge < -0.3 is 19.5 Å². The summed E-state index contributed by atoms with van der Waals surface area (Å²) in [7, 11) is 1.57. The molecule has 0 radical (unpaired) electrons. The summed E-state index contributed by atoms with van der Waals surface area (Å²) in [5.41, 5.74) is 1.57. The quantitative estimate of drug-likeness (QED) is 0.722. The fourth-order valence-electron chi connectivity index (χ4n) is 3.13. The summed E-state index contributed by atoms with van der Waals surface area (Å²) < 4.78 is 5.06. The van der Waals surface area contributed by atoms with Gasteiger partial charge in [-0.1, -0.05) is 0 Å². The van der Waals surface area contributed by atoms with Crippen LogP contribution in [0.2, 0.25) is 0 Å². The van der Waals surface area contributed by atoms with Crippen molar-refractivity contribution in [2.24, 2.45) is 15.9 Å². The third kappa shape index (κ3) is 2.55. The van der Waals surface area contributed by atoms with Crippen molar-refractivity contribution in [1.82, 2.24) is 4.90 Å². The number of likely N-dealkylation sites (tertiary alicyclic amines) is 1. The van der Waals surface area contributed by atoms with E-state index < -0.39 is 6.09 Å². The number of amides is 1. The minimum atomic E-state index is -1.18. The summed E-state index contributed by atoms with van der Waals surface area (Å²) in [6.45, 7) is 0.705. The standard InChI is InChI=1S/C14H17ClN4O3/c1-22-8-11-3-2-10(7-18(11)14(20)21)13-12-6-16-4-5-19(12,15)9-17-13/h4-6,9-11H,2-3,7-8H2,1H3. The molecule has 0 saturated carbocycles. The number of ether oxygens (including phenoxy) is 1. The van der Waals surface area contributed by atoms with E-state index in [1.807, 2.05) is 0 Å². The van der Waals surface area contributed by atoms with Crippen molar-refractivity contribution < 1.29 is 18.6 Å². The molecule has 1 saturated heterocycles. The number of hydrogen-bond acceptors (Lipinski definition) is 5. The van der Waals surface area contributed by atoms with Crippen LogP contribution in [0.3, 0.4) is 0 Å². The van der Waals surface area contributed by atoms with E-state index in [1.54, 1.807) is 32.1 Å². The van der Waals surface area contributed by atoms with Crippen LogP contribution >= 0.6 is 11.8 Å². The Balaban J connectivity index is 1.84. The van der Waals surface area contributed by atoms with Crippen molar-refractivity contribution in [1.29, 1.82) is 0 Å². The number of fused-ring (bicyclic) bond motifs is 1. The van der Waals surface area contributed by atoms with Crippen molar-refractivity contribution in [2.45, 2.75) is 18.9 Å². The number of carbonyl (C=O) groups excluding carboxylic acids is 1. The van der Waals surface area contributed by atoms with E-state index in [0.717, 1.165) is 17.8 Å². The highest BCUT2D eigenvalue weighted by atomic mass is 35.5. The van der Waals surface area contributed by atoms with Gasteiger partial charge in [-0.25, -0.2) is 0 Å². The molecule has 3 atom stereocenters. The van der Waals surface area contributed by atoms with Crippen LogP contribution in [0.4, 0.5) is 4.79 Å². The zero-order valence-corrected chi connectivity index (χ0v) is 12.9. The Morgan fingerprint density at radius 2 is 2.41 bits per heavy atom. The molecule has 118 valence electrons. The number of carboxylic acid groups (broad SMARTS) is 1. The lowest BCUT2D eigenvalue weighted by atomic mass is 9.90. The Hall–Kier alpha value is -1.70. The predicted molar refractivity (Wildman–Crippen MR) is 79.8 cm³/mol. The van der Waals surface area contributed by atoms with Crippen molar-refractivity contribution in [3.8, 4) is 0 Å². The highest BCUT2D eigenvalue weighted by Gasteiger charge is 2.42. The third-order valence-corrected chi connectivity index (χ3v) is 4.63. The number of methoxy groups -OCH3 is 1. The summed E-state index contributed by atoms with van der Waals surface area (Å²) >= 11 is 6.45. The smallest absolute Gasteiger partial charge is 0.218 e. The molecule has 1 fully saturated rings. The zero-order chi connectivity index (χ0) is 15.7. The molecule has 3 rings (SSSR count). The van der Waals surface area contributed by atoms with E-state index in [9.17, 15) is 9.90 Å². The Kier molecular flexibility index (Phi) is 4.03. The summed E-state index contributed by atoms with van der Waals surface area (Å²) in [5, 5.41) is 11.4. The summed E-state index contributed by atoms with van der Waals surface area (Å²) in [6, 6.07) is -0.169. The van der Waals surface area contributed by atoms with Gasteiger partial charge in [-0.05, 0) is 12.8 Å². The Morgan fingerprint density at radius 1 is 1.59 bits per heavy atom. The molecule has 0 aromatic carbocycles. The average molecular weight is 325 g/mol. The van der Waals surface area contributed by atoms with Crippen LogP contribution in [-0.4, -0.2) is 53.9 Å². The predicted octanol–water partition coefficient (Wildman–Crippen LogP) is 0.836. The number of aliphatic imine (C=N–C) groups is 2. The van der Waals surface area contributed by atoms with Crippen molar-refractivity contribution >= 4 is 30.4 Å². The van der Waals surface area contributed by atoms with Gasteiger partial charge >= 0.3 is 0 Å². The molecule has 0 N–H and O–H groups in total. The zero-order valence-electron chi connectivity index (χ0n) is 12.2. The molecule has 0 aliphatic carbocycles. The van der Waals surface area contributed by atoms with Gasteiger partial charge in [0.05, 0.1) is 25.1 Å². The number of halogens is 1. The second-order valence-corrected chi connectivity index (χ2v) is 6.14. The van der Waals surface area contributed by atoms with Crippen LogP contribution < -0.4 is 5.11 Å². The van der Waals surface area contributed by atoms with E-state index in [1.165, 1.54) is 4.90 Å². The first-order valence-corrected chi connectivity index (χ1v) is 7.44. The lowest BCUT2D eigenvalue weighted by Gasteiger charge is -2.40. The van der Waals surface area contributed by atoms with Crippen LogP contribution in [0, 0.1) is 5.92 Å². The molecule has 22 heavy (non-hydrogen) atoms. The Labute approximate surface area is 133 Å². The highest BCUT2D eigenvalue weighted by molar-refractivity contribution is 6.14. The van der Waals surface area contributed by atoms with E-state index in [-0.39, 0.29) is 16.0 Å². The first kappa shape index (κ1) is 15.2. The van der Waals surface area contributed by atoms with Gasteiger partial charge in [0.2, 0.25) is 12.0 Å². The second kappa shape index (κ2) is 5.83. The molecule has 7 nitrogen and oxygen atoms in total. The molecular weight excluding hydrogens is 308 g/mol. The van der Waals surface area contributed by atoms with Gasteiger partial charge in [0, 0.05) is 19.6 Å². The van der Waals surface area contributed by atoms with Gasteiger partial charge in [0.15, 0.2) is 11.8 Å². The van der Waals surface area contributed by atoms with Gasteiger partial charge in [0.1, 0.15) is 18.0 Å². The molecule has 0 spiro atoms. The molecule has 1 amide bonds.